The second-order valence-corrected chi connectivity index (χ2v) is 7.23. The molecule has 1 unspecified atom stereocenters. The standard InChI is InChI=1S/C24H28N2O6/c1-2-30-14-15-31-20-10-8-19(9-11-20)24(29)26-13-12-25-23(28)21(26)16-22(27)32-17-18-6-4-3-5-7-18/h3-11,21H,2,12-17H2,1H3,(H,25,28). The Balaban J connectivity index is 1.59. The van der Waals surface area contributed by atoms with E-state index in [0.717, 1.165) is 5.56 Å². The predicted molar refractivity (Wildman–Crippen MR) is 117 cm³/mol. The first-order valence-corrected chi connectivity index (χ1v) is 10.7. The number of rotatable bonds is 10. The molecule has 0 bridgehead atoms. The minimum Gasteiger partial charge on any atom is -0.491 e. The van der Waals surface area contributed by atoms with Gasteiger partial charge in [-0.05, 0) is 36.8 Å². The van der Waals surface area contributed by atoms with E-state index in [-0.39, 0.29) is 24.8 Å². The summed E-state index contributed by atoms with van der Waals surface area (Å²) in [6.07, 6.45) is -0.205. The Morgan fingerprint density at radius 1 is 1.06 bits per heavy atom. The van der Waals surface area contributed by atoms with Gasteiger partial charge in [0, 0.05) is 25.3 Å². The number of hydrogen-bond donors (Lipinski definition) is 1. The molecule has 1 N–H and O–H groups in total. The maximum atomic E-state index is 13.1. The van der Waals surface area contributed by atoms with Crippen LogP contribution in [0.2, 0.25) is 0 Å². The van der Waals surface area contributed by atoms with Crippen molar-refractivity contribution in [3.05, 3.63) is 65.7 Å². The molecule has 32 heavy (non-hydrogen) atoms. The summed E-state index contributed by atoms with van der Waals surface area (Å²) in [4.78, 5) is 39.3. The van der Waals surface area contributed by atoms with Crippen LogP contribution in [0.4, 0.5) is 0 Å². The lowest BCUT2D eigenvalue weighted by Crippen LogP contribution is -2.57. The molecule has 1 fully saturated rings. The van der Waals surface area contributed by atoms with Crippen molar-refractivity contribution in [3.63, 3.8) is 0 Å². The number of hydrogen-bond acceptors (Lipinski definition) is 6. The van der Waals surface area contributed by atoms with Crippen molar-refractivity contribution in [1.29, 1.82) is 0 Å². The van der Waals surface area contributed by atoms with Gasteiger partial charge in [-0.3, -0.25) is 14.4 Å². The monoisotopic (exact) mass is 440 g/mol. The van der Waals surface area contributed by atoms with Crippen LogP contribution in [0.3, 0.4) is 0 Å². The summed E-state index contributed by atoms with van der Waals surface area (Å²) in [6.45, 7) is 4.21. The summed E-state index contributed by atoms with van der Waals surface area (Å²) in [7, 11) is 0. The molecule has 8 nitrogen and oxygen atoms in total. The number of nitrogens with one attached hydrogen (secondary N) is 1. The SMILES string of the molecule is CCOCCOc1ccc(C(=O)N2CCNC(=O)C2CC(=O)OCc2ccccc2)cc1. The van der Waals surface area contributed by atoms with Crippen LogP contribution in [0.15, 0.2) is 54.6 Å². The fourth-order valence-corrected chi connectivity index (χ4v) is 3.34. The Bertz CT molecular complexity index is 900. The zero-order valence-corrected chi connectivity index (χ0v) is 18.1. The average molecular weight is 440 g/mol. The summed E-state index contributed by atoms with van der Waals surface area (Å²) in [5.41, 5.74) is 1.27. The Labute approximate surface area is 187 Å². The minimum atomic E-state index is -0.915. The maximum absolute atomic E-state index is 13.1. The van der Waals surface area contributed by atoms with E-state index in [1.807, 2.05) is 37.3 Å². The van der Waals surface area contributed by atoms with Gasteiger partial charge in [0.05, 0.1) is 13.0 Å². The highest BCUT2D eigenvalue weighted by Gasteiger charge is 2.35. The van der Waals surface area contributed by atoms with Crippen LogP contribution in [0, 0.1) is 0 Å². The predicted octanol–water partition coefficient (Wildman–Crippen LogP) is 2.18. The van der Waals surface area contributed by atoms with Crippen molar-refractivity contribution in [2.75, 3.05) is 32.9 Å². The molecule has 1 saturated heterocycles. The van der Waals surface area contributed by atoms with E-state index in [0.29, 0.717) is 44.2 Å². The zero-order chi connectivity index (χ0) is 22.8. The normalized spacial score (nSPS) is 15.7. The smallest absolute Gasteiger partial charge is 0.308 e. The van der Waals surface area contributed by atoms with Crippen molar-refractivity contribution in [2.45, 2.75) is 26.0 Å². The van der Waals surface area contributed by atoms with E-state index >= 15 is 0 Å². The largest absolute Gasteiger partial charge is 0.491 e. The molecule has 1 atom stereocenters. The maximum Gasteiger partial charge on any atom is 0.308 e. The third-order valence-corrected chi connectivity index (χ3v) is 5.00. The van der Waals surface area contributed by atoms with Crippen LogP contribution < -0.4 is 10.1 Å². The molecule has 0 spiro atoms. The highest BCUT2D eigenvalue weighted by molar-refractivity contribution is 5.99. The topological polar surface area (TPSA) is 94.2 Å². The van der Waals surface area contributed by atoms with Crippen LogP contribution in [0.1, 0.15) is 29.3 Å². The number of amides is 2. The second kappa shape index (κ2) is 11.9. The van der Waals surface area contributed by atoms with Gasteiger partial charge in [-0.15, -0.1) is 0 Å². The van der Waals surface area contributed by atoms with Crippen LogP contribution in [-0.4, -0.2) is 61.6 Å². The number of benzene rings is 2. The highest BCUT2D eigenvalue weighted by atomic mass is 16.5. The molecule has 0 aromatic heterocycles. The van der Waals surface area contributed by atoms with Crippen LogP contribution in [-0.2, 0) is 25.7 Å². The lowest BCUT2D eigenvalue weighted by molar-refractivity contribution is -0.148. The van der Waals surface area contributed by atoms with E-state index < -0.39 is 12.0 Å². The molecule has 2 aromatic rings. The van der Waals surface area contributed by atoms with Crippen molar-refractivity contribution in [3.8, 4) is 5.75 Å². The van der Waals surface area contributed by atoms with E-state index in [1.165, 1.54) is 4.90 Å². The first-order chi connectivity index (χ1) is 15.6. The third kappa shape index (κ3) is 6.55. The number of piperazine rings is 1. The molecule has 2 aromatic carbocycles. The van der Waals surface area contributed by atoms with E-state index in [2.05, 4.69) is 5.32 Å². The van der Waals surface area contributed by atoms with Gasteiger partial charge in [0.15, 0.2) is 0 Å². The van der Waals surface area contributed by atoms with Crippen LogP contribution in [0.5, 0.6) is 5.75 Å². The highest BCUT2D eigenvalue weighted by Crippen LogP contribution is 2.18. The number of carbonyl (C=O) groups excluding carboxylic acids is 3. The van der Waals surface area contributed by atoms with Gasteiger partial charge in [0.2, 0.25) is 5.91 Å². The van der Waals surface area contributed by atoms with Crippen molar-refractivity contribution >= 4 is 17.8 Å². The fraction of sp³-hybridized carbons (Fsp3) is 0.375. The zero-order valence-electron chi connectivity index (χ0n) is 18.1. The molecule has 0 radical (unpaired) electrons. The Morgan fingerprint density at radius 3 is 2.53 bits per heavy atom. The van der Waals surface area contributed by atoms with Crippen molar-refractivity contribution in [1.82, 2.24) is 10.2 Å². The lowest BCUT2D eigenvalue weighted by atomic mass is 10.1. The van der Waals surface area contributed by atoms with Crippen LogP contribution >= 0.6 is 0 Å². The number of nitrogens with zero attached hydrogens (tertiary/aromatic N) is 1. The molecule has 8 heteroatoms. The fourth-order valence-electron chi connectivity index (χ4n) is 3.34. The quantitative estimate of drug-likeness (QED) is 0.450. The summed E-state index contributed by atoms with van der Waals surface area (Å²) in [5.74, 6) is -0.593. The average Bonchev–Trinajstić information content (AvgIpc) is 2.82. The number of ether oxygens (including phenoxy) is 3. The Hall–Kier alpha value is -3.39. The molecule has 1 aliphatic heterocycles. The summed E-state index contributed by atoms with van der Waals surface area (Å²) in [6, 6.07) is 15.1. The van der Waals surface area contributed by atoms with Gasteiger partial charge in [-0.25, -0.2) is 0 Å². The van der Waals surface area contributed by atoms with Crippen molar-refractivity contribution in [2.24, 2.45) is 0 Å². The minimum absolute atomic E-state index is 0.118. The lowest BCUT2D eigenvalue weighted by Gasteiger charge is -2.34. The molecule has 1 aliphatic rings. The first-order valence-electron chi connectivity index (χ1n) is 10.7. The third-order valence-electron chi connectivity index (χ3n) is 5.00. The van der Waals surface area contributed by atoms with E-state index in [1.54, 1.807) is 24.3 Å². The van der Waals surface area contributed by atoms with Crippen LogP contribution in [0.25, 0.3) is 0 Å². The van der Waals surface area contributed by atoms with Crippen molar-refractivity contribution < 1.29 is 28.6 Å². The Morgan fingerprint density at radius 2 is 1.81 bits per heavy atom. The van der Waals surface area contributed by atoms with Gasteiger partial charge >= 0.3 is 5.97 Å². The first kappa shape index (κ1) is 23.3. The number of carbonyl (C=O) groups is 3. The molecule has 0 saturated carbocycles. The second-order valence-electron chi connectivity index (χ2n) is 7.23. The molecule has 170 valence electrons. The number of esters is 1. The van der Waals surface area contributed by atoms with E-state index in [4.69, 9.17) is 14.2 Å². The summed E-state index contributed by atoms with van der Waals surface area (Å²) in [5, 5.41) is 2.72. The van der Waals surface area contributed by atoms with Gasteiger partial charge < -0.3 is 24.4 Å². The molecular formula is C24H28N2O6. The molecular weight excluding hydrogens is 412 g/mol. The molecule has 0 aliphatic carbocycles. The summed E-state index contributed by atoms with van der Waals surface area (Å²) < 4.78 is 16.1. The summed E-state index contributed by atoms with van der Waals surface area (Å²) >= 11 is 0. The Kier molecular flexibility index (Phi) is 8.62. The van der Waals surface area contributed by atoms with Gasteiger partial charge in [0.1, 0.15) is 25.0 Å². The van der Waals surface area contributed by atoms with E-state index in [9.17, 15) is 14.4 Å². The molecule has 2 amide bonds. The van der Waals surface area contributed by atoms with Gasteiger partial charge in [0.25, 0.3) is 5.91 Å². The molecule has 1 heterocycles. The van der Waals surface area contributed by atoms with Gasteiger partial charge in [-0.1, -0.05) is 30.3 Å². The van der Waals surface area contributed by atoms with Gasteiger partial charge in [-0.2, -0.15) is 0 Å². The molecule has 3 rings (SSSR count).